The van der Waals surface area contributed by atoms with Gasteiger partial charge >= 0.3 is 0 Å². The molecule has 9 nitrogen and oxygen atoms in total. The number of imidazole rings is 1. The van der Waals surface area contributed by atoms with Crippen LogP contribution in [0, 0.1) is 5.41 Å². The van der Waals surface area contributed by atoms with Crippen molar-refractivity contribution in [1.82, 2.24) is 35.1 Å². The number of amides is 1. The molecule has 6 heterocycles. The average Bonchev–Trinajstić information content (AvgIpc) is 3.62. The zero-order valence-corrected chi connectivity index (χ0v) is 20.6. The van der Waals surface area contributed by atoms with E-state index >= 15 is 0 Å². The Labute approximate surface area is 217 Å². The van der Waals surface area contributed by atoms with Gasteiger partial charge in [-0.15, -0.1) is 11.3 Å². The number of thiophene rings is 1. The molecule has 0 saturated carbocycles. The van der Waals surface area contributed by atoms with Gasteiger partial charge in [0.25, 0.3) is 0 Å². The standard InChI is InChI=1S/C26H22N8OS.CH4/c1-26(2,3)25(35)30-16-7-14(9-27-11-16)15-8-17-22(33-34-23(17)29-10-15)24-31-19-13-28-12-18(21(19)32-24)20-5-4-6-36-20;/h4-13H,1-3H3,(H,30,35)(H,31,32)(H,29,33,34);1H4. The number of nitrogens with one attached hydrogen (secondary N) is 3. The number of carbonyl (C=O) groups is 1. The van der Waals surface area contributed by atoms with Gasteiger partial charge in [0, 0.05) is 45.6 Å². The normalized spacial score (nSPS) is 11.5. The third kappa shape index (κ3) is 4.47. The second-order valence-electron chi connectivity index (χ2n) is 9.51. The number of hydrogen-bond acceptors (Lipinski definition) is 7. The quantitative estimate of drug-likeness (QED) is 0.255. The molecule has 0 unspecified atom stereocenters. The van der Waals surface area contributed by atoms with E-state index in [-0.39, 0.29) is 13.3 Å². The van der Waals surface area contributed by atoms with E-state index < -0.39 is 5.41 Å². The van der Waals surface area contributed by atoms with E-state index in [2.05, 4.69) is 41.5 Å². The van der Waals surface area contributed by atoms with E-state index in [1.807, 2.05) is 50.5 Å². The monoisotopic (exact) mass is 510 g/mol. The van der Waals surface area contributed by atoms with Gasteiger partial charge in [0.15, 0.2) is 11.5 Å². The van der Waals surface area contributed by atoms with Crippen LogP contribution >= 0.6 is 11.3 Å². The zero-order chi connectivity index (χ0) is 24.9. The molecular weight excluding hydrogens is 484 g/mol. The number of H-pyrrole nitrogens is 2. The molecule has 6 rings (SSSR count). The molecule has 3 N–H and O–H groups in total. The second-order valence-corrected chi connectivity index (χ2v) is 10.5. The van der Waals surface area contributed by atoms with Crippen LogP contribution in [0.4, 0.5) is 5.69 Å². The summed E-state index contributed by atoms with van der Waals surface area (Å²) < 4.78 is 0. The highest BCUT2D eigenvalue weighted by Gasteiger charge is 2.21. The lowest BCUT2D eigenvalue weighted by molar-refractivity contribution is -0.123. The molecule has 0 aromatic carbocycles. The van der Waals surface area contributed by atoms with E-state index in [0.717, 1.165) is 43.7 Å². The van der Waals surface area contributed by atoms with Crippen molar-refractivity contribution in [1.29, 1.82) is 0 Å². The van der Waals surface area contributed by atoms with Crippen LogP contribution in [0.15, 0.2) is 60.6 Å². The number of nitrogens with zero attached hydrogens (tertiary/aromatic N) is 5. The van der Waals surface area contributed by atoms with Crippen LogP contribution < -0.4 is 5.32 Å². The first-order valence-corrected chi connectivity index (χ1v) is 12.2. The molecule has 0 saturated heterocycles. The Kier molecular flexibility index (Phi) is 6.04. The minimum absolute atomic E-state index is 0. The van der Waals surface area contributed by atoms with Crippen LogP contribution in [0.1, 0.15) is 28.2 Å². The largest absolute Gasteiger partial charge is 0.335 e. The maximum absolute atomic E-state index is 12.4. The van der Waals surface area contributed by atoms with E-state index in [1.165, 1.54) is 0 Å². The van der Waals surface area contributed by atoms with Gasteiger partial charge in [-0.2, -0.15) is 5.10 Å². The number of carbonyl (C=O) groups excluding carboxylic acids is 1. The van der Waals surface area contributed by atoms with E-state index in [4.69, 9.17) is 4.98 Å². The molecule has 0 aliphatic heterocycles. The van der Waals surface area contributed by atoms with Gasteiger partial charge in [-0.25, -0.2) is 9.97 Å². The predicted octanol–water partition coefficient (Wildman–Crippen LogP) is 6.31. The van der Waals surface area contributed by atoms with Crippen molar-refractivity contribution >= 4 is 45.0 Å². The van der Waals surface area contributed by atoms with Gasteiger partial charge in [0.2, 0.25) is 5.91 Å². The maximum Gasteiger partial charge on any atom is 0.229 e. The number of aromatic nitrogens is 7. The fourth-order valence-electron chi connectivity index (χ4n) is 3.89. The fraction of sp³-hybridized carbons (Fsp3) is 0.185. The van der Waals surface area contributed by atoms with Gasteiger partial charge in [-0.3, -0.25) is 19.9 Å². The lowest BCUT2D eigenvalue weighted by Gasteiger charge is -2.17. The Morgan fingerprint density at radius 1 is 1.03 bits per heavy atom. The molecule has 0 radical (unpaired) electrons. The lowest BCUT2D eigenvalue weighted by Crippen LogP contribution is -2.27. The molecule has 6 aromatic rings. The van der Waals surface area contributed by atoms with Crippen molar-refractivity contribution in [3.05, 3.63) is 60.6 Å². The smallest absolute Gasteiger partial charge is 0.229 e. The van der Waals surface area contributed by atoms with Crippen molar-refractivity contribution in [2.75, 3.05) is 5.32 Å². The van der Waals surface area contributed by atoms with Crippen LogP contribution in [-0.4, -0.2) is 41.0 Å². The molecule has 0 spiro atoms. The molecule has 10 heteroatoms. The highest BCUT2D eigenvalue weighted by Crippen LogP contribution is 2.33. The molecule has 6 aromatic heterocycles. The van der Waals surface area contributed by atoms with Gasteiger partial charge in [-0.05, 0) is 23.6 Å². The van der Waals surface area contributed by atoms with Crippen molar-refractivity contribution in [3.8, 4) is 33.1 Å². The van der Waals surface area contributed by atoms with Crippen LogP contribution in [0.3, 0.4) is 0 Å². The summed E-state index contributed by atoms with van der Waals surface area (Å²) in [6, 6.07) is 7.96. The average molecular weight is 511 g/mol. The predicted molar refractivity (Wildman–Crippen MR) is 148 cm³/mol. The Morgan fingerprint density at radius 2 is 1.84 bits per heavy atom. The number of anilines is 1. The van der Waals surface area contributed by atoms with Crippen molar-refractivity contribution in [3.63, 3.8) is 0 Å². The highest BCUT2D eigenvalue weighted by molar-refractivity contribution is 7.13. The summed E-state index contributed by atoms with van der Waals surface area (Å²) in [5, 5.41) is 13.2. The number of aromatic amines is 2. The Hall–Kier alpha value is -4.44. The third-order valence-electron chi connectivity index (χ3n) is 5.84. The highest BCUT2D eigenvalue weighted by atomic mass is 32.1. The minimum atomic E-state index is -0.506. The molecule has 186 valence electrons. The van der Waals surface area contributed by atoms with Gasteiger partial charge < -0.3 is 10.3 Å². The first-order chi connectivity index (χ1) is 17.4. The first-order valence-electron chi connectivity index (χ1n) is 11.4. The third-order valence-corrected chi connectivity index (χ3v) is 6.74. The van der Waals surface area contributed by atoms with Crippen LogP contribution in [0.25, 0.3) is 55.2 Å². The van der Waals surface area contributed by atoms with E-state index in [0.29, 0.717) is 17.2 Å². The van der Waals surface area contributed by atoms with E-state index in [9.17, 15) is 4.79 Å². The van der Waals surface area contributed by atoms with Crippen molar-refractivity contribution < 1.29 is 4.79 Å². The molecule has 0 aliphatic rings. The van der Waals surface area contributed by atoms with Crippen molar-refractivity contribution in [2.45, 2.75) is 28.2 Å². The Balaban J connectivity index is 0.00000280. The molecule has 1 amide bonds. The minimum Gasteiger partial charge on any atom is -0.335 e. The number of hydrogen-bond donors (Lipinski definition) is 3. The van der Waals surface area contributed by atoms with Crippen LogP contribution in [0.2, 0.25) is 0 Å². The van der Waals surface area contributed by atoms with Crippen LogP contribution in [-0.2, 0) is 4.79 Å². The number of pyridine rings is 3. The van der Waals surface area contributed by atoms with Crippen LogP contribution in [0.5, 0.6) is 0 Å². The molecule has 0 atom stereocenters. The Bertz CT molecular complexity index is 1730. The molecule has 37 heavy (non-hydrogen) atoms. The summed E-state index contributed by atoms with van der Waals surface area (Å²) in [4.78, 5) is 35.0. The topological polar surface area (TPSA) is 125 Å². The summed E-state index contributed by atoms with van der Waals surface area (Å²) in [6.45, 7) is 5.61. The molecule has 0 aliphatic carbocycles. The van der Waals surface area contributed by atoms with Gasteiger partial charge in [0.05, 0.1) is 29.0 Å². The number of rotatable bonds is 4. The SMILES string of the molecule is C.CC(C)(C)C(=O)Nc1cncc(-c2cnc3n[nH]c(-c4nc5c(-c6cccs6)cncc5[nH]4)c3c2)c1. The molecule has 0 fully saturated rings. The van der Waals surface area contributed by atoms with E-state index in [1.54, 1.807) is 36.1 Å². The summed E-state index contributed by atoms with van der Waals surface area (Å²) in [7, 11) is 0. The summed E-state index contributed by atoms with van der Waals surface area (Å²) >= 11 is 1.65. The summed E-state index contributed by atoms with van der Waals surface area (Å²) in [5.74, 6) is 0.579. The number of fused-ring (bicyclic) bond motifs is 2. The first kappa shape index (κ1) is 24.3. The van der Waals surface area contributed by atoms with Gasteiger partial charge in [-0.1, -0.05) is 34.3 Å². The molecular formula is C27H26N8OS. The summed E-state index contributed by atoms with van der Waals surface area (Å²) in [6.07, 6.45) is 8.73. The molecule has 0 bridgehead atoms. The lowest BCUT2D eigenvalue weighted by atomic mass is 9.95. The fourth-order valence-corrected chi connectivity index (χ4v) is 4.62. The van der Waals surface area contributed by atoms with Gasteiger partial charge in [0.1, 0.15) is 11.2 Å². The second kappa shape index (κ2) is 9.21. The maximum atomic E-state index is 12.4. The zero-order valence-electron chi connectivity index (χ0n) is 19.8. The Morgan fingerprint density at radius 3 is 2.62 bits per heavy atom. The summed E-state index contributed by atoms with van der Waals surface area (Å²) in [5.41, 5.74) is 5.79. The van der Waals surface area contributed by atoms with Crippen molar-refractivity contribution in [2.24, 2.45) is 5.41 Å².